The lowest BCUT2D eigenvalue weighted by Crippen LogP contribution is -2.26. The first kappa shape index (κ1) is 11.7. The van der Waals surface area contributed by atoms with E-state index in [2.05, 4.69) is 34.3 Å². The summed E-state index contributed by atoms with van der Waals surface area (Å²) in [6.07, 6.45) is 1.95. The molecule has 88 valence electrons. The zero-order chi connectivity index (χ0) is 11.5. The molecule has 0 radical (unpaired) electrons. The molecule has 0 atom stereocenters. The molecule has 16 heavy (non-hydrogen) atoms. The van der Waals surface area contributed by atoms with E-state index in [9.17, 15) is 0 Å². The first-order valence-corrected chi connectivity index (χ1v) is 6.04. The number of hydrogen-bond acceptors (Lipinski definition) is 4. The van der Waals surface area contributed by atoms with Gasteiger partial charge in [0.2, 0.25) is 0 Å². The summed E-state index contributed by atoms with van der Waals surface area (Å²) in [7, 11) is 4.13. The maximum Gasteiger partial charge on any atom is 0.134 e. The normalized spacial score (nSPS) is 15.2. The summed E-state index contributed by atoms with van der Waals surface area (Å²) in [6, 6.07) is 0. The van der Waals surface area contributed by atoms with E-state index in [1.165, 1.54) is 11.3 Å². The molecule has 1 aromatic heterocycles. The summed E-state index contributed by atoms with van der Waals surface area (Å²) >= 11 is 5.32. The van der Waals surface area contributed by atoms with Gasteiger partial charge in [-0.25, -0.2) is 4.98 Å². The molecule has 1 aliphatic rings. The number of likely N-dealkylation sites (N-methyl/N-ethyl adjacent to an activating group) is 1. The summed E-state index contributed by atoms with van der Waals surface area (Å²) in [4.78, 5) is 10.0. The minimum absolute atomic E-state index is 0.759. The fourth-order valence-corrected chi connectivity index (χ4v) is 2.17. The predicted octanol–water partition coefficient (Wildman–Crippen LogP) is 0.889. The number of H-pyrrole nitrogens is 1. The van der Waals surface area contributed by atoms with Gasteiger partial charge >= 0.3 is 0 Å². The zero-order valence-corrected chi connectivity index (χ0v) is 10.7. The highest BCUT2D eigenvalue weighted by Gasteiger charge is 2.12. The van der Waals surface area contributed by atoms with Gasteiger partial charge in [-0.2, -0.15) is 0 Å². The van der Waals surface area contributed by atoms with Gasteiger partial charge in [-0.15, -0.1) is 0 Å². The summed E-state index contributed by atoms with van der Waals surface area (Å²) < 4.78 is 0.759. The van der Waals surface area contributed by atoms with E-state index in [-0.39, 0.29) is 0 Å². The fraction of sp³-hybridized carbons (Fsp3) is 0.636. The molecule has 1 aromatic rings. The molecule has 0 saturated carbocycles. The molecule has 2 heterocycles. The summed E-state index contributed by atoms with van der Waals surface area (Å²) in [5.41, 5.74) is 2.45. The SMILES string of the molecule is CN(C)CCc1nc(=S)c2c([nH]1)CCNC2. The fourth-order valence-electron chi connectivity index (χ4n) is 1.87. The molecular formula is C11H18N4S. The van der Waals surface area contributed by atoms with Crippen molar-refractivity contribution in [2.75, 3.05) is 27.2 Å². The summed E-state index contributed by atoms with van der Waals surface area (Å²) in [6.45, 7) is 2.87. The van der Waals surface area contributed by atoms with Crippen LogP contribution in [-0.4, -0.2) is 42.1 Å². The van der Waals surface area contributed by atoms with Crippen molar-refractivity contribution >= 4 is 12.2 Å². The van der Waals surface area contributed by atoms with E-state index >= 15 is 0 Å². The van der Waals surface area contributed by atoms with E-state index in [1.807, 2.05) is 0 Å². The Morgan fingerprint density at radius 3 is 3.00 bits per heavy atom. The molecule has 0 unspecified atom stereocenters. The number of aromatic nitrogens is 2. The molecule has 5 heteroatoms. The standard InChI is InChI=1S/C11H18N4S/c1-15(2)6-4-10-13-9-3-5-12-7-8(9)11(16)14-10/h12H,3-7H2,1-2H3,(H,13,14,16). The Hall–Kier alpha value is -0.780. The van der Waals surface area contributed by atoms with E-state index < -0.39 is 0 Å². The second kappa shape index (κ2) is 5.03. The van der Waals surface area contributed by atoms with Crippen molar-refractivity contribution in [3.8, 4) is 0 Å². The Bertz CT molecular complexity index is 424. The van der Waals surface area contributed by atoms with Crippen LogP contribution < -0.4 is 5.32 Å². The van der Waals surface area contributed by atoms with E-state index in [0.717, 1.165) is 42.9 Å². The summed E-state index contributed by atoms with van der Waals surface area (Å²) in [5, 5.41) is 3.32. The van der Waals surface area contributed by atoms with Crippen LogP contribution >= 0.6 is 12.2 Å². The third-order valence-electron chi connectivity index (χ3n) is 2.80. The molecule has 0 spiro atoms. The third-order valence-corrected chi connectivity index (χ3v) is 3.14. The largest absolute Gasteiger partial charge is 0.347 e. The highest BCUT2D eigenvalue weighted by molar-refractivity contribution is 7.71. The number of fused-ring (bicyclic) bond motifs is 1. The lowest BCUT2D eigenvalue weighted by molar-refractivity contribution is 0.408. The van der Waals surface area contributed by atoms with Crippen molar-refractivity contribution < 1.29 is 0 Å². The lowest BCUT2D eigenvalue weighted by atomic mass is 10.1. The molecule has 0 aliphatic carbocycles. The molecule has 2 N–H and O–H groups in total. The van der Waals surface area contributed by atoms with Gasteiger partial charge in [-0.3, -0.25) is 0 Å². The van der Waals surface area contributed by atoms with Gasteiger partial charge in [0, 0.05) is 43.7 Å². The molecule has 0 aromatic carbocycles. The molecule has 0 bridgehead atoms. The van der Waals surface area contributed by atoms with Crippen molar-refractivity contribution in [1.29, 1.82) is 0 Å². The van der Waals surface area contributed by atoms with Crippen molar-refractivity contribution in [1.82, 2.24) is 20.2 Å². The van der Waals surface area contributed by atoms with E-state index in [4.69, 9.17) is 12.2 Å². The monoisotopic (exact) mass is 238 g/mol. The van der Waals surface area contributed by atoms with Crippen LogP contribution in [0, 0.1) is 4.64 Å². The quantitative estimate of drug-likeness (QED) is 0.768. The molecule has 1 aliphatic heterocycles. The highest BCUT2D eigenvalue weighted by atomic mass is 32.1. The Morgan fingerprint density at radius 1 is 1.44 bits per heavy atom. The highest BCUT2D eigenvalue weighted by Crippen LogP contribution is 2.12. The van der Waals surface area contributed by atoms with Gasteiger partial charge in [-0.05, 0) is 14.1 Å². The minimum Gasteiger partial charge on any atom is -0.347 e. The average Bonchev–Trinajstić information content (AvgIpc) is 2.26. The second-order valence-corrected chi connectivity index (χ2v) is 4.81. The van der Waals surface area contributed by atoms with E-state index in [0.29, 0.717) is 0 Å². The van der Waals surface area contributed by atoms with Gasteiger partial charge in [0.25, 0.3) is 0 Å². The molecule has 0 saturated heterocycles. The van der Waals surface area contributed by atoms with Crippen molar-refractivity contribution in [2.45, 2.75) is 19.4 Å². The van der Waals surface area contributed by atoms with Gasteiger partial charge in [0.15, 0.2) is 0 Å². The van der Waals surface area contributed by atoms with E-state index in [1.54, 1.807) is 0 Å². The lowest BCUT2D eigenvalue weighted by Gasteiger charge is -2.18. The van der Waals surface area contributed by atoms with Crippen LogP contribution in [0.5, 0.6) is 0 Å². The maximum absolute atomic E-state index is 5.32. The number of nitrogens with zero attached hydrogens (tertiary/aromatic N) is 2. The Labute approximate surface area is 101 Å². The van der Waals surface area contributed by atoms with Crippen LogP contribution in [0.25, 0.3) is 0 Å². The molecule has 4 nitrogen and oxygen atoms in total. The van der Waals surface area contributed by atoms with Crippen LogP contribution in [0.15, 0.2) is 0 Å². The van der Waals surface area contributed by atoms with Crippen LogP contribution in [0.4, 0.5) is 0 Å². The van der Waals surface area contributed by atoms with Gasteiger partial charge in [-0.1, -0.05) is 12.2 Å². The maximum atomic E-state index is 5.32. The Balaban J connectivity index is 2.22. The first-order valence-electron chi connectivity index (χ1n) is 5.63. The number of aromatic amines is 1. The number of rotatable bonds is 3. The smallest absolute Gasteiger partial charge is 0.134 e. The third kappa shape index (κ3) is 2.66. The van der Waals surface area contributed by atoms with Crippen molar-refractivity contribution in [2.24, 2.45) is 0 Å². The zero-order valence-electron chi connectivity index (χ0n) is 9.84. The number of hydrogen-bond donors (Lipinski definition) is 2. The second-order valence-electron chi connectivity index (χ2n) is 4.43. The van der Waals surface area contributed by atoms with Crippen molar-refractivity contribution in [3.63, 3.8) is 0 Å². The van der Waals surface area contributed by atoms with Crippen molar-refractivity contribution in [3.05, 3.63) is 21.7 Å². The van der Waals surface area contributed by atoms with Gasteiger partial charge < -0.3 is 15.2 Å². The minimum atomic E-state index is 0.759. The number of nitrogens with one attached hydrogen (secondary N) is 2. The molecule has 2 rings (SSSR count). The molecule has 0 fully saturated rings. The van der Waals surface area contributed by atoms with Crippen LogP contribution in [0.3, 0.4) is 0 Å². The van der Waals surface area contributed by atoms with Crippen LogP contribution in [0.2, 0.25) is 0 Å². The summed E-state index contributed by atoms with van der Waals surface area (Å²) in [5.74, 6) is 1.01. The van der Waals surface area contributed by atoms with Gasteiger partial charge in [0.05, 0.1) is 0 Å². The molecular weight excluding hydrogens is 220 g/mol. The molecule has 0 amide bonds. The predicted molar refractivity (Wildman–Crippen MR) is 67.1 cm³/mol. The van der Waals surface area contributed by atoms with Crippen LogP contribution in [-0.2, 0) is 19.4 Å². The Morgan fingerprint density at radius 2 is 2.25 bits per heavy atom. The average molecular weight is 238 g/mol. The van der Waals surface area contributed by atoms with Gasteiger partial charge in [0.1, 0.15) is 10.5 Å². The first-order chi connectivity index (χ1) is 7.66. The van der Waals surface area contributed by atoms with Crippen LogP contribution in [0.1, 0.15) is 17.1 Å². The topological polar surface area (TPSA) is 44.0 Å². The Kier molecular flexibility index (Phi) is 3.68.